The van der Waals surface area contributed by atoms with E-state index < -0.39 is 0 Å². The fraction of sp³-hybridized carbons (Fsp3) is 0.263. The summed E-state index contributed by atoms with van der Waals surface area (Å²) in [5.74, 6) is -0.0947. The average molecular weight is 389 g/mol. The molecule has 0 fully saturated rings. The molecular weight excluding hydrogens is 368 g/mol. The van der Waals surface area contributed by atoms with Gasteiger partial charge in [-0.15, -0.1) is 0 Å². The Morgan fingerprint density at radius 1 is 1.08 bits per heavy atom. The van der Waals surface area contributed by atoms with Crippen LogP contribution in [0.5, 0.6) is 0 Å². The fourth-order valence-electron chi connectivity index (χ4n) is 2.45. The third-order valence-corrected chi connectivity index (χ3v) is 4.21. The summed E-state index contributed by atoms with van der Waals surface area (Å²) in [7, 11) is 0. The van der Waals surface area contributed by atoms with Gasteiger partial charge < -0.3 is 10.2 Å². The van der Waals surface area contributed by atoms with Crippen LogP contribution in [0.4, 0.5) is 11.4 Å². The lowest BCUT2D eigenvalue weighted by Crippen LogP contribution is -2.36. The van der Waals surface area contributed by atoms with Crippen molar-refractivity contribution in [2.24, 2.45) is 0 Å². The Kier molecular flexibility index (Phi) is 6.15. The summed E-state index contributed by atoms with van der Waals surface area (Å²) < 4.78 is 0.921. The van der Waals surface area contributed by atoms with Crippen molar-refractivity contribution in [3.05, 3.63) is 58.6 Å². The maximum Gasteiger partial charge on any atom is 0.244 e. The summed E-state index contributed by atoms with van der Waals surface area (Å²) in [6, 6.07) is 15.0. The molecule has 0 spiro atoms. The van der Waals surface area contributed by atoms with Crippen LogP contribution in [0.25, 0.3) is 0 Å². The molecule has 126 valence electrons. The highest BCUT2D eigenvalue weighted by molar-refractivity contribution is 9.10. The average Bonchev–Trinajstić information content (AvgIpc) is 2.53. The number of para-hydroxylation sites is 1. The van der Waals surface area contributed by atoms with Crippen molar-refractivity contribution in [1.82, 2.24) is 0 Å². The smallest absolute Gasteiger partial charge is 0.244 e. The van der Waals surface area contributed by atoms with E-state index in [0.717, 1.165) is 15.7 Å². The van der Waals surface area contributed by atoms with Gasteiger partial charge in [-0.05, 0) is 41.8 Å². The number of anilines is 2. The van der Waals surface area contributed by atoms with Crippen LogP contribution in [-0.2, 0) is 9.59 Å². The van der Waals surface area contributed by atoms with E-state index in [9.17, 15) is 9.59 Å². The van der Waals surface area contributed by atoms with Gasteiger partial charge >= 0.3 is 0 Å². The molecule has 0 aliphatic rings. The predicted molar refractivity (Wildman–Crippen MR) is 101 cm³/mol. The second-order valence-corrected chi connectivity index (χ2v) is 6.79. The topological polar surface area (TPSA) is 49.4 Å². The van der Waals surface area contributed by atoms with Crippen LogP contribution in [-0.4, -0.2) is 18.4 Å². The Morgan fingerprint density at radius 3 is 2.29 bits per heavy atom. The van der Waals surface area contributed by atoms with E-state index in [1.54, 1.807) is 12.1 Å². The Hall–Kier alpha value is -2.14. The molecule has 0 atom stereocenters. The largest absolute Gasteiger partial charge is 0.324 e. The molecule has 0 heterocycles. The van der Waals surface area contributed by atoms with Crippen LogP contribution in [0, 0.1) is 0 Å². The van der Waals surface area contributed by atoms with Gasteiger partial charge in [0.05, 0.1) is 0 Å². The molecule has 0 radical (unpaired) electrons. The van der Waals surface area contributed by atoms with E-state index in [-0.39, 0.29) is 18.4 Å². The molecule has 2 rings (SSSR count). The lowest BCUT2D eigenvalue weighted by Gasteiger charge is -2.21. The zero-order valence-electron chi connectivity index (χ0n) is 14.0. The maximum atomic E-state index is 12.4. The van der Waals surface area contributed by atoms with Crippen LogP contribution in [0.1, 0.15) is 32.3 Å². The number of hydrogen-bond donors (Lipinski definition) is 1. The van der Waals surface area contributed by atoms with E-state index in [1.807, 2.05) is 36.4 Å². The second kappa shape index (κ2) is 8.11. The SMILES string of the molecule is CC(=O)N(CC(=O)Nc1ccccc1C(C)C)c1ccc(Br)cc1. The van der Waals surface area contributed by atoms with Gasteiger partial charge in [0.2, 0.25) is 11.8 Å². The first-order valence-electron chi connectivity index (χ1n) is 7.81. The first-order valence-corrected chi connectivity index (χ1v) is 8.60. The van der Waals surface area contributed by atoms with Crippen LogP contribution >= 0.6 is 15.9 Å². The van der Waals surface area contributed by atoms with Gasteiger partial charge in [0, 0.05) is 22.8 Å². The standard InChI is InChI=1S/C19H21BrN2O2/c1-13(2)17-6-4-5-7-18(17)21-19(24)12-22(14(3)23)16-10-8-15(20)9-11-16/h4-11,13H,12H2,1-3H3,(H,21,24). The molecule has 5 heteroatoms. The predicted octanol–water partition coefficient (Wildman–Crippen LogP) is 4.56. The normalized spacial score (nSPS) is 10.5. The Bertz CT molecular complexity index is 726. The number of carbonyl (C=O) groups is 2. The molecule has 4 nitrogen and oxygen atoms in total. The van der Waals surface area contributed by atoms with Crippen LogP contribution in [0.15, 0.2) is 53.0 Å². The number of benzene rings is 2. The first-order chi connectivity index (χ1) is 11.4. The molecule has 0 aromatic heterocycles. The Morgan fingerprint density at radius 2 is 1.71 bits per heavy atom. The maximum absolute atomic E-state index is 12.4. The molecule has 2 aromatic rings. The van der Waals surface area contributed by atoms with E-state index in [0.29, 0.717) is 11.6 Å². The number of rotatable bonds is 5. The van der Waals surface area contributed by atoms with Gasteiger partial charge in [-0.1, -0.05) is 48.0 Å². The van der Waals surface area contributed by atoms with Crippen LogP contribution < -0.4 is 10.2 Å². The second-order valence-electron chi connectivity index (χ2n) is 5.87. The van der Waals surface area contributed by atoms with Crippen molar-refractivity contribution in [1.29, 1.82) is 0 Å². The summed E-state index contributed by atoms with van der Waals surface area (Å²) in [5.41, 5.74) is 2.55. The minimum atomic E-state index is -0.221. The fourth-order valence-corrected chi connectivity index (χ4v) is 2.72. The number of nitrogens with zero attached hydrogens (tertiary/aromatic N) is 1. The lowest BCUT2D eigenvalue weighted by molar-refractivity contribution is -0.120. The van der Waals surface area contributed by atoms with E-state index in [1.165, 1.54) is 11.8 Å². The molecule has 2 aromatic carbocycles. The molecule has 0 saturated carbocycles. The number of carbonyl (C=O) groups excluding carboxylic acids is 2. The van der Waals surface area contributed by atoms with Gasteiger partial charge in [-0.3, -0.25) is 9.59 Å². The quantitative estimate of drug-likeness (QED) is 0.815. The highest BCUT2D eigenvalue weighted by Crippen LogP contribution is 2.24. The number of halogens is 1. The Labute approximate surface area is 151 Å². The van der Waals surface area contributed by atoms with Crippen molar-refractivity contribution in [2.75, 3.05) is 16.8 Å². The molecule has 0 saturated heterocycles. The Balaban J connectivity index is 2.15. The molecular formula is C19H21BrN2O2. The summed E-state index contributed by atoms with van der Waals surface area (Å²) >= 11 is 3.37. The summed E-state index contributed by atoms with van der Waals surface area (Å²) in [4.78, 5) is 25.8. The molecule has 1 N–H and O–H groups in total. The third-order valence-electron chi connectivity index (χ3n) is 3.68. The number of nitrogens with one attached hydrogen (secondary N) is 1. The van der Waals surface area contributed by atoms with Crippen LogP contribution in [0.3, 0.4) is 0 Å². The highest BCUT2D eigenvalue weighted by atomic mass is 79.9. The first kappa shape index (κ1) is 18.2. The molecule has 0 unspecified atom stereocenters. The lowest BCUT2D eigenvalue weighted by atomic mass is 10.0. The third kappa shape index (κ3) is 4.68. The van der Waals surface area contributed by atoms with E-state index >= 15 is 0 Å². The summed E-state index contributed by atoms with van der Waals surface area (Å²) in [6.07, 6.45) is 0. The number of amides is 2. The minimum absolute atomic E-state index is 0.0244. The highest BCUT2D eigenvalue weighted by Gasteiger charge is 2.17. The van der Waals surface area contributed by atoms with Crippen LogP contribution in [0.2, 0.25) is 0 Å². The minimum Gasteiger partial charge on any atom is -0.324 e. The molecule has 0 bridgehead atoms. The monoisotopic (exact) mass is 388 g/mol. The van der Waals surface area contributed by atoms with Gasteiger partial charge in [-0.25, -0.2) is 0 Å². The van der Waals surface area contributed by atoms with Crippen molar-refractivity contribution < 1.29 is 9.59 Å². The van der Waals surface area contributed by atoms with Crippen molar-refractivity contribution in [3.63, 3.8) is 0 Å². The van der Waals surface area contributed by atoms with Gasteiger partial charge in [0.25, 0.3) is 0 Å². The molecule has 0 aliphatic heterocycles. The molecule has 24 heavy (non-hydrogen) atoms. The van der Waals surface area contributed by atoms with Gasteiger partial charge in [-0.2, -0.15) is 0 Å². The van der Waals surface area contributed by atoms with Gasteiger partial charge in [0.15, 0.2) is 0 Å². The zero-order valence-corrected chi connectivity index (χ0v) is 15.6. The van der Waals surface area contributed by atoms with Crippen molar-refractivity contribution in [3.8, 4) is 0 Å². The molecule has 0 aliphatic carbocycles. The zero-order chi connectivity index (χ0) is 17.7. The summed E-state index contributed by atoms with van der Waals surface area (Å²) in [6.45, 7) is 5.59. The number of hydrogen-bond acceptors (Lipinski definition) is 2. The summed E-state index contributed by atoms with van der Waals surface area (Å²) in [5, 5.41) is 2.92. The van der Waals surface area contributed by atoms with Gasteiger partial charge in [0.1, 0.15) is 6.54 Å². The van der Waals surface area contributed by atoms with E-state index in [4.69, 9.17) is 0 Å². The molecule has 2 amide bonds. The van der Waals surface area contributed by atoms with Crippen molar-refractivity contribution in [2.45, 2.75) is 26.7 Å². The van der Waals surface area contributed by atoms with E-state index in [2.05, 4.69) is 35.1 Å². The van der Waals surface area contributed by atoms with Crippen molar-refractivity contribution >= 4 is 39.1 Å².